The molecule has 0 aliphatic carbocycles. The zero-order chi connectivity index (χ0) is 23.8. The Morgan fingerprint density at radius 3 is 2.48 bits per heavy atom. The summed E-state index contributed by atoms with van der Waals surface area (Å²) in [7, 11) is -11.0. The van der Waals surface area contributed by atoms with Crippen molar-refractivity contribution in [3.63, 3.8) is 0 Å². The molecule has 0 spiro atoms. The van der Waals surface area contributed by atoms with E-state index in [1.807, 2.05) is 5.92 Å². The van der Waals surface area contributed by atoms with Crippen molar-refractivity contribution < 1.29 is 61.6 Å². The van der Waals surface area contributed by atoms with Crippen LogP contribution in [0, 0.1) is 12.3 Å². The number of amides is 1. The number of nitrogens with one attached hydrogen (secondary N) is 1. The third kappa shape index (κ3) is 6.52. The van der Waals surface area contributed by atoms with E-state index in [9.17, 15) is 33.9 Å². The quantitative estimate of drug-likeness (QED) is 0.140. The molecule has 3 unspecified atom stereocenters. The van der Waals surface area contributed by atoms with Crippen molar-refractivity contribution in [2.75, 3.05) is 6.61 Å². The van der Waals surface area contributed by atoms with Crippen LogP contribution in [0.4, 0.5) is 0 Å². The molecular weight excluding hydrogens is 505 g/mol. The predicted molar refractivity (Wildman–Crippen MR) is 103 cm³/mol. The van der Waals surface area contributed by atoms with E-state index < -0.39 is 58.9 Å². The summed E-state index contributed by atoms with van der Waals surface area (Å²) in [6.45, 7) is -1.98. The molecule has 1 saturated heterocycles. The normalized spacial score (nSPS) is 32.8. The van der Waals surface area contributed by atoms with Crippen LogP contribution in [-0.2, 0) is 43.6 Å². The van der Waals surface area contributed by atoms with Crippen LogP contribution in [0.15, 0.2) is 24.7 Å². The van der Waals surface area contributed by atoms with Gasteiger partial charge in [0.25, 0.3) is 5.91 Å². The molecule has 6 atom stereocenters. The molecule has 0 radical (unpaired) electrons. The second kappa shape index (κ2) is 9.11. The van der Waals surface area contributed by atoms with E-state index in [0.717, 1.165) is 11.0 Å². The topological polar surface area (TPSA) is 225 Å². The summed E-state index contributed by atoms with van der Waals surface area (Å²) in [6.07, 6.45) is 2.70. The van der Waals surface area contributed by atoms with Gasteiger partial charge in [-0.1, -0.05) is 12.5 Å². The van der Waals surface area contributed by atoms with Gasteiger partial charge in [0.2, 0.25) is 0 Å². The number of ether oxygens (including phenoxy) is 1. The van der Waals surface area contributed by atoms with Crippen LogP contribution in [-0.4, -0.2) is 71.2 Å². The van der Waals surface area contributed by atoms with E-state index in [0.29, 0.717) is 0 Å². The lowest BCUT2D eigenvalue weighted by atomic mass is 9.94. The minimum atomic E-state index is -5.54. The van der Waals surface area contributed by atoms with Crippen LogP contribution >= 0.6 is 22.4 Å². The second-order valence-electron chi connectivity index (χ2n) is 5.99. The molecule has 0 aromatic carbocycles. The second-order valence-corrected chi connectivity index (χ2v) is 11.8. The first-order valence-electron chi connectivity index (χ1n) is 7.78. The van der Waals surface area contributed by atoms with E-state index in [4.69, 9.17) is 25.5 Å². The van der Waals surface area contributed by atoms with E-state index in [2.05, 4.69) is 32.3 Å². The van der Waals surface area contributed by atoms with Gasteiger partial charge in [0.1, 0.15) is 18.0 Å². The highest BCUT2D eigenvalue weighted by atomic mass is 32.5. The van der Waals surface area contributed by atoms with Crippen LogP contribution in [0.5, 0.6) is 0 Å². The van der Waals surface area contributed by atoms with Gasteiger partial charge in [0, 0.05) is 12.3 Å². The highest BCUT2D eigenvalue weighted by Gasteiger charge is 2.57. The van der Waals surface area contributed by atoms with Crippen molar-refractivity contribution in [1.82, 2.24) is 10.2 Å². The van der Waals surface area contributed by atoms with Crippen molar-refractivity contribution in [2.24, 2.45) is 0 Å². The number of aliphatic hydroxyl groups is 2. The summed E-state index contributed by atoms with van der Waals surface area (Å²) in [5.74, 6) is 1.38. The Morgan fingerprint density at radius 2 is 1.97 bits per heavy atom. The molecule has 2 aliphatic heterocycles. The maximum atomic E-state index is 11.5. The van der Waals surface area contributed by atoms with E-state index >= 15 is 0 Å². The smallest absolute Gasteiger partial charge is 0.386 e. The van der Waals surface area contributed by atoms with Gasteiger partial charge in [-0.15, -0.1) is 6.42 Å². The van der Waals surface area contributed by atoms with E-state index in [-0.39, 0.29) is 5.82 Å². The van der Waals surface area contributed by atoms with Crippen LogP contribution in [0.2, 0.25) is 0 Å². The summed E-state index contributed by atoms with van der Waals surface area (Å²) < 4.78 is 39.9. The van der Waals surface area contributed by atoms with Gasteiger partial charge in [-0.05, 0) is 11.8 Å². The number of hydrogen-bond acceptors (Lipinski definition) is 11. The fourth-order valence-corrected chi connectivity index (χ4v) is 6.49. The molecule has 2 heterocycles. The average molecular weight is 522 g/mol. The third-order valence-electron chi connectivity index (χ3n) is 3.75. The Hall–Kier alpha value is -0.980. The fraction of sp³-hybridized carbons (Fsp3) is 0.417. The van der Waals surface area contributed by atoms with Crippen LogP contribution in [0.1, 0.15) is 0 Å². The Morgan fingerprint density at radius 1 is 1.35 bits per heavy atom. The van der Waals surface area contributed by atoms with Crippen molar-refractivity contribution in [3.05, 3.63) is 24.7 Å². The van der Waals surface area contributed by atoms with Crippen molar-refractivity contribution in [1.29, 1.82) is 0 Å². The summed E-state index contributed by atoms with van der Waals surface area (Å²) in [4.78, 5) is 48.7. The molecular formula is C12H17N2O13P3S. The molecule has 2 rings (SSSR count). The fourth-order valence-electron chi connectivity index (χ4n) is 2.51. The zero-order valence-corrected chi connectivity index (χ0v) is 18.6. The van der Waals surface area contributed by atoms with Crippen LogP contribution in [0.3, 0.4) is 0 Å². The minimum Gasteiger partial charge on any atom is -0.386 e. The number of carbonyl (C=O) groups excluding carboxylic acids is 1. The monoisotopic (exact) mass is 522 g/mol. The molecule has 1 fully saturated rings. The summed E-state index contributed by atoms with van der Waals surface area (Å²) in [5.41, 5.74) is -2.38. The third-order valence-corrected chi connectivity index (χ3v) is 8.47. The number of phosphoric acid groups is 2. The first-order chi connectivity index (χ1) is 14.0. The van der Waals surface area contributed by atoms with Gasteiger partial charge < -0.3 is 49.3 Å². The van der Waals surface area contributed by atoms with Gasteiger partial charge in [-0.2, -0.15) is 4.31 Å². The molecule has 15 nitrogen and oxygen atoms in total. The Balaban J connectivity index is 2.13. The first-order valence-corrected chi connectivity index (χ1v) is 13.4. The average Bonchev–Trinajstić information content (AvgIpc) is 2.82. The maximum Gasteiger partial charge on any atom is 0.488 e. The number of nitrogens with zero attached hydrogens (tertiary/aromatic N) is 1. The molecule has 7 N–H and O–H groups in total. The summed E-state index contributed by atoms with van der Waals surface area (Å²) in [5, 5.41) is 23.4. The summed E-state index contributed by atoms with van der Waals surface area (Å²) in [6, 6.07) is 0. The number of terminal acetylenes is 1. The lowest BCUT2D eigenvalue weighted by Gasteiger charge is -2.36. The predicted octanol–water partition coefficient (Wildman–Crippen LogP) is -1.69. The molecule has 1 amide bonds. The van der Waals surface area contributed by atoms with Crippen LogP contribution in [0.25, 0.3) is 0 Å². The largest absolute Gasteiger partial charge is 0.488 e. The SMILES string of the molecule is C#C[C@]1(O)C(N2C=CC(=O)NC2=C)O[C@H](COP(O)(=S)OP(=O)(O)OP(=O)(O)O)[C@H]1O. The van der Waals surface area contributed by atoms with Crippen molar-refractivity contribution in [2.45, 2.75) is 24.0 Å². The summed E-state index contributed by atoms with van der Waals surface area (Å²) >= 11 is 4.46. The van der Waals surface area contributed by atoms with Gasteiger partial charge in [0.15, 0.2) is 11.8 Å². The first kappa shape index (κ1) is 26.3. The molecule has 0 bridgehead atoms. The van der Waals surface area contributed by atoms with Gasteiger partial charge in [-0.25, -0.2) is 13.4 Å². The Labute approximate surface area is 180 Å². The molecule has 0 aromatic heterocycles. The molecule has 0 aromatic rings. The highest BCUT2D eigenvalue weighted by molar-refractivity contribution is 8.08. The Kier molecular flexibility index (Phi) is 7.72. The molecule has 31 heavy (non-hydrogen) atoms. The minimum absolute atomic E-state index is 0.0497. The number of carbonyl (C=O) groups is 1. The van der Waals surface area contributed by atoms with Crippen molar-refractivity contribution in [3.8, 4) is 12.3 Å². The van der Waals surface area contributed by atoms with Gasteiger partial charge in [-0.3, -0.25) is 4.79 Å². The number of aliphatic hydroxyl groups excluding tert-OH is 1. The molecule has 19 heteroatoms. The number of rotatable bonds is 8. The highest BCUT2D eigenvalue weighted by Crippen LogP contribution is 2.66. The number of hydrogen-bond donors (Lipinski definition) is 7. The molecule has 174 valence electrons. The standard InChI is InChI=1S/C12H17N2O13P3S/c1-3-12(17)10(16)8(25-11(12)14-5-4-9(15)13-7(14)2)6-24-30(23,31)27-29(21,22)26-28(18,19)20/h1,4-5,8,10-11,16-17H,2,6H2,(H,13,15)(H,21,22)(H,23,31)(H2,18,19,20)/t8-,10-,11?,12-,30?/m1/s1. The van der Waals surface area contributed by atoms with Gasteiger partial charge >= 0.3 is 22.4 Å². The molecule has 2 aliphatic rings. The van der Waals surface area contributed by atoms with E-state index in [1.165, 1.54) is 6.20 Å². The lowest BCUT2D eigenvalue weighted by molar-refractivity contribution is -0.120. The van der Waals surface area contributed by atoms with Gasteiger partial charge in [0.05, 0.1) is 6.61 Å². The maximum absolute atomic E-state index is 11.5. The van der Waals surface area contributed by atoms with Crippen LogP contribution < -0.4 is 5.32 Å². The van der Waals surface area contributed by atoms with Crippen molar-refractivity contribution >= 4 is 40.1 Å². The zero-order valence-electron chi connectivity index (χ0n) is 15.1. The lowest BCUT2D eigenvalue weighted by Crippen LogP contribution is -2.54. The Bertz CT molecular complexity index is 975. The molecule has 0 saturated carbocycles. The van der Waals surface area contributed by atoms with E-state index in [1.54, 1.807) is 0 Å².